The molecule has 1 N–H and O–H groups in total. The van der Waals surface area contributed by atoms with E-state index in [1.807, 2.05) is 19.9 Å². The van der Waals surface area contributed by atoms with Crippen LogP contribution < -0.4 is 10.1 Å². The zero-order valence-corrected chi connectivity index (χ0v) is 13.8. The standard InChI is InChI=1S/C17H24ClNO2/c1-4-7-17(8-9-19-11-17)16(20)13-5-6-14(18)15(10-13)21-12(2)3/h5-6,10,12,19H,4,7-9,11H2,1-3H3. The third-order valence-electron chi connectivity index (χ3n) is 4.01. The maximum atomic E-state index is 13.0. The van der Waals surface area contributed by atoms with E-state index in [1.54, 1.807) is 12.1 Å². The first-order valence-electron chi connectivity index (χ1n) is 7.70. The molecule has 0 radical (unpaired) electrons. The Balaban J connectivity index is 2.30. The summed E-state index contributed by atoms with van der Waals surface area (Å²) in [5.41, 5.74) is 0.435. The Labute approximate surface area is 132 Å². The van der Waals surface area contributed by atoms with Crippen molar-refractivity contribution in [1.82, 2.24) is 5.32 Å². The Morgan fingerprint density at radius 2 is 2.24 bits per heavy atom. The van der Waals surface area contributed by atoms with Crippen molar-refractivity contribution < 1.29 is 9.53 Å². The van der Waals surface area contributed by atoms with Crippen LogP contribution in [0.15, 0.2) is 18.2 Å². The van der Waals surface area contributed by atoms with Crippen molar-refractivity contribution in [3.63, 3.8) is 0 Å². The fourth-order valence-corrected chi connectivity index (χ4v) is 3.20. The topological polar surface area (TPSA) is 38.3 Å². The van der Waals surface area contributed by atoms with Crippen LogP contribution in [-0.4, -0.2) is 25.0 Å². The molecular weight excluding hydrogens is 286 g/mol. The van der Waals surface area contributed by atoms with E-state index in [2.05, 4.69) is 12.2 Å². The minimum absolute atomic E-state index is 0.0330. The number of hydrogen-bond acceptors (Lipinski definition) is 3. The minimum atomic E-state index is -0.266. The van der Waals surface area contributed by atoms with Crippen molar-refractivity contribution in [2.45, 2.75) is 46.1 Å². The summed E-state index contributed by atoms with van der Waals surface area (Å²) in [4.78, 5) is 13.0. The lowest BCUT2D eigenvalue weighted by Gasteiger charge is -2.26. The molecule has 0 amide bonds. The van der Waals surface area contributed by atoms with Crippen LogP contribution in [0.5, 0.6) is 5.75 Å². The Kier molecular flexibility index (Phi) is 5.28. The molecule has 0 saturated carbocycles. The molecule has 1 aliphatic rings. The molecule has 116 valence electrons. The van der Waals surface area contributed by atoms with Crippen LogP contribution in [0.4, 0.5) is 0 Å². The number of hydrogen-bond donors (Lipinski definition) is 1. The van der Waals surface area contributed by atoms with Crippen LogP contribution in [-0.2, 0) is 0 Å². The highest BCUT2D eigenvalue weighted by Gasteiger charge is 2.40. The fourth-order valence-electron chi connectivity index (χ4n) is 3.04. The van der Waals surface area contributed by atoms with E-state index in [0.717, 1.165) is 32.4 Å². The lowest BCUT2D eigenvalue weighted by molar-refractivity contribution is 0.0801. The summed E-state index contributed by atoms with van der Waals surface area (Å²) in [6, 6.07) is 5.36. The number of halogens is 1. The monoisotopic (exact) mass is 309 g/mol. The number of carbonyl (C=O) groups is 1. The molecule has 1 aromatic carbocycles. The molecule has 0 aliphatic carbocycles. The van der Waals surface area contributed by atoms with Gasteiger partial charge in [-0.25, -0.2) is 0 Å². The second kappa shape index (κ2) is 6.80. The highest BCUT2D eigenvalue weighted by molar-refractivity contribution is 6.32. The summed E-state index contributed by atoms with van der Waals surface area (Å²) in [5.74, 6) is 0.801. The molecule has 1 unspecified atom stereocenters. The van der Waals surface area contributed by atoms with Crippen LogP contribution >= 0.6 is 11.6 Å². The lowest BCUT2D eigenvalue weighted by atomic mass is 9.76. The van der Waals surface area contributed by atoms with E-state index in [-0.39, 0.29) is 17.3 Å². The third-order valence-corrected chi connectivity index (χ3v) is 4.32. The largest absolute Gasteiger partial charge is 0.489 e. The normalized spacial score (nSPS) is 21.8. The van der Waals surface area contributed by atoms with Gasteiger partial charge in [0.25, 0.3) is 0 Å². The SMILES string of the molecule is CCCC1(C(=O)c2ccc(Cl)c(OC(C)C)c2)CCNC1. The first-order valence-corrected chi connectivity index (χ1v) is 8.08. The number of ketones is 1. The van der Waals surface area contributed by atoms with Gasteiger partial charge in [0.05, 0.1) is 11.1 Å². The third kappa shape index (κ3) is 3.58. The molecule has 4 heteroatoms. The molecule has 0 aromatic heterocycles. The van der Waals surface area contributed by atoms with Crippen LogP contribution in [0.25, 0.3) is 0 Å². The highest BCUT2D eigenvalue weighted by Crippen LogP contribution is 2.36. The van der Waals surface area contributed by atoms with Gasteiger partial charge >= 0.3 is 0 Å². The summed E-state index contributed by atoms with van der Waals surface area (Å²) in [6.07, 6.45) is 2.87. The quantitative estimate of drug-likeness (QED) is 0.804. The second-order valence-corrected chi connectivity index (χ2v) is 6.51. The number of nitrogens with one attached hydrogen (secondary N) is 1. The van der Waals surface area contributed by atoms with Crippen LogP contribution in [0.2, 0.25) is 5.02 Å². The fraction of sp³-hybridized carbons (Fsp3) is 0.588. The zero-order valence-electron chi connectivity index (χ0n) is 13.0. The van der Waals surface area contributed by atoms with Crippen molar-refractivity contribution in [3.05, 3.63) is 28.8 Å². The average molecular weight is 310 g/mol. The van der Waals surface area contributed by atoms with Crippen molar-refractivity contribution in [2.24, 2.45) is 5.41 Å². The molecule has 1 heterocycles. The molecule has 0 bridgehead atoms. The first-order chi connectivity index (χ1) is 9.98. The smallest absolute Gasteiger partial charge is 0.170 e. The summed E-state index contributed by atoms with van der Waals surface area (Å²) in [5, 5.41) is 3.88. The van der Waals surface area contributed by atoms with Gasteiger partial charge in [-0.15, -0.1) is 0 Å². The Hall–Kier alpha value is -1.06. The lowest BCUT2D eigenvalue weighted by Crippen LogP contribution is -2.33. The predicted molar refractivity (Wildman–Crippen MR) is 86.4 cm³/mol. The van der Waals surface area contributed by atoms with Gasteiger partial charge in [-0.3, -0.25) is 4.79 Å². The predicted octanol–water partition coefficient (Wildman–Crippen LogP) is 4.09. The zero-order chi connectivity index (χ0) is 15.5. The second-order valence-electron chi connectivity index (χ2n) is 6.10. The molecule has 1 saturated heterocycles. The van der Waals surface area contributed by atoms with Gasteiger partial charge < -0.3 is 10.1 Å². The molecule has 1 atom stereocenters. The number of rotatable bonds is 6. The number of Topliss-reactive ketones (excluding diaryl/α,β-unsaturated/α-hetero) is 1. The van der Waals surface area contributed by atoms with Crippen molar-refractivity contribution >= 4 is 17.4 Å². The van der Waals surface area contributed by atoms with E-state index < -0.39 is 0 Å². The maximum Gasteiger partial charge on any atom is 0.170 e. The highest BCUT2D eigenvalue weighted by atomic mass is 35.5. The van der Waals surface area contributed by atoms with Gasteiger partial charge in [-0.05, 0) is 51.4 Å². The summed E-state index contributed by atoms with van der Waals surface area (Å²) in [6.45, 7) is 7.70. The van der Waals surface area contributed by atoms with Crippen molar-refractivity contribution in [3.8, 4) is 5.75 Å². The molecule has 1 fully saturated rings. The average Bonchev–Trinajstić information content (AvgIpc) is 2.90. The molecule has 1 aliphatic heterocycles. The Morgan fingerprint density at radius 3 is 2.81 bits per heavy atom. The van der Waals surface area contributed by atoms with Gasteiger partial charge in [-0.1, -0.05) is 24.9 Å². The number of ether oxygens (including phenoxy) is 1. The van der Waals surface area contributed by atoms with Gasteiger partial charge in [0.15, 0.2) is 5.78 Å². The van der Waals surface area contributed by atoms with Gasteiger partial charge in [0, 0.05) is 17.5 Å². The number of benzene rings is 1. The summed E-state index contributed by atoms with van der Waals surface area (Å²) < 4.78 is 5.69. The van der Waals surface area contributed by atoms with E-state index in [0.29, 0.717) is 16.3 Å². The minimum Gasteiger partial charge on any atom is -0.489 e. The Bertz CT molecular complexity index is 508. The Morgan fingerprint density at radius 1 is 1.48 bits per heavy atom. The number of carbonyl (C=O) groups excluding carboxylic acids is 1. The molecule has 0 spiro atoms. The molecule has 3 nitrogen and oxygen atoms in total. The van der Waals surface area contributed by atoms with Crippen LogP contribution in [0.3, 0.4) is 0 Å². The summed E-state index contributed by atoms with van der Waals surface area (Å²) >= 11 is 6.15. The van der Waals surface area contributed by atoms with Crippen molar-refractivity contribution in [1.29, 1.82) is 0 Å². The van der Waals surface area contributed by atoms with Crippen LogP contribution in [0.1, 0.15) is 50.4 Å². The van der Waals surface area contributed by atoms with Gasteiger partial charge in [0.2, 0.25) is 0 Å². The van der Waals surface area contributed by atoms with Crippen LogP contribution in [0, 0.1) is 5.41 Å². The van der Waals surface area contributed by atoms with E-state index in [4.69, 9.17) is 16.3 Å². The summed E-state index contributed by atoms with van der Waals surface area (Å²) in [7, 11) is 0. The first kappa shape index (κ1) is 16.3. The molecule has 1 aromatic rings. The van der Waals surface area contributed by atoms with E-state index in [1.165, 1.54) is 0 Å². The van der Waals surface area contributed by atoms with E-state index in [9.17, 15) is 4.79 Å². The molecular formula is C17H24ClNO2. The molecule has 2 rings (SSSR count). The van der Waals surface area contributed by atoms with Gasteiger partial charge in [-0.2, -0.15) is 0 Å². The molecule has 21 heavy (non-hydrogen) atoms. The van der Waals surface area contributed by atoms with Crippen molar-refractivity contribution in [2.75, 3.05) is 13.1 Å². The maximum absolute atomic E-state index is 13.0. The van der Waals surface area contributed by atoms with E-state index >= 15 is 0 Å². The van der Waals surface area contributed by atoms with Gasteiger partial charge in [0.1, 0.15) is 5.75 Å².